The number of hydrogen-bond donors (Lipinski definition) is 3. The van der Waals surface area contributed by atoms with E-state index >= 15 is 0 Å². The summed E-state index contributed by atoms with van der Waals surface area (Å²) in [6, 6.07) is 27.7. The van der Waals surface area contributed by atoms with Gasteiger partial charge in [-0.15, -0.1) is 11.3 Å². The summed E-state index contributed by atoms with van der Waals surface area (Å²) in [5.74, 6) is -0.412. The molecule has 7 heteroatoms. The van der Waals surface area contributed by atoms with Gasteiger partial charge < -0.3 is 16.4 Å². The first-order valence-electron chi connectivity index (χ1n) is 11.5. The van der Waals surface area contributed by atoms with Crippen LogP contribution >= 0.6 is 11.3 Å². The molecule has 0 atom stereocenters. The number of anilines is 2. The van der Waals surface area contributed by atoms with E-state index in [0.29, 0.717) is 29.0 Å². The van der Waals surface area contributed by atoms with Crippen LogP contribution in [0.2, 0.25) is 19.1 Å². The van der Waals surface area contributed by atoms with Gasteiger partial charge in [0.05, 0.1) is 19.4 Å². The third-order valence-electron chi connectivity index (χ3n) is 6.11. The molecule has 1 heterocycles. The summed E-state index contributed by atoms with van der Waals surface area (Å²) < 4.78 is 0. The quantitative estimate of drug-likeness (QED) is 0.218. The van der Waals surface area contributed by atoms with Crippen LogP contribution in [-0.2, 0) is 0 Å². The van der Waals surface area contributed by atoms with Crippen LogP contribution in [0.3, 0.4) is 0 Å². The first-order valence-corrected chi connectivity index (χ1v) is 15.6. The van der Waals surface area contributed by atoms with Crippen LogP contribution in [0.5, 0.6) is 0 Å². The minimum absolute atomic E-state index is 0.136. The lowest BCUT2D eigenvalue weighted by molar-refractivity contribution is 0.0953. The molecule has 2 amide bonds. The summed E-state index contributed by atoms with van der Waals surface area (Å²) in [5.41, 5.74) is 9.13. The fourth-order valence-corrected chi connectivity index (χ4v) is 6.71. The lowest BCUT2D eigenvalue weighted by atomic mass is 10.1. The molecule has 4 aromatic rings. The number of rotatable bonds is 8. The maximum Gasteiger partial charge on any atom is 0.255 e. The van der Waals surface area contributed by atoms with Gasteiger partial charge in [-0.1, -0.05) is 60.7 Å². The molecule has 5 nitrogen and oxygen atoms in total. The van der Waals surface area contributed by atoms with E-state index in [1.54, 1.807) is 41.7 Å². The van der Waals surface area contributed by atoms with E-state index in [9.17, 15) is 9.59 Å². The molecule has 0 unspecified atom stereocenters. The van der Waals surface area contributed by atoms with E-state index in [-0.39, 0.29) is 11.8 Å². The second-order valence-electron chi connectivity index (χ2n) is 9.07. The van der Waals surface area contributed by atoms with Crippen LogP contribution < -0.4 is 21.6 Å². The normalized spacial score (nSPS) is 11.1. The molecule has 0 spiro atoms. The van der Waals surface area contributed by atoms with Crippen LogP contribution in [0, 0.1) is 0 Å². The van der Waals surface area contributed by atoms with E-state index in [1.807, 2.05) is 35.7 Å². The zero-order chi connectivity index (χ0) is 24.8. The monoisotopic (exact) mass is 499 g/mol. The van der Waals surface area contributed by atoms with E-state index in [1.165, 1.54) is 5.19 Å². The maximum absolute atomic E-state index is 12.8. The fourth-order valence-electron chi connectivity index (χ4n) is 3.85. The molecule has 0 bridgehead atoms. The number of nitrogens with one attached hydrogen (secondary N) is 2. The number of hydrogen-bond acceptors (Lipinski definition) is 4. The van der Waals surface area contributed by atoms with Gasteiger partial charge in [0.1, 0.15) is 0 Å². The number of benzene rings is 3. The van der Waals surface area contributed by atoms with Gasteiger partial charge in [-0.25, -0.2) is 0 Å². The van der Waals surface area contributed by atoms with Crippen molar-refractivity contribution >= 4 is 47.8 Å². The predicted octanol–water partition coefficient (Wildman–Crippen LogP) is 5.60. The van der Waals surface area contributed by atoms with Crippen molar-refractivity contribution in [3.8, 4) is 10.4 Å². The van der Waals surface area contributed by atoms with E-state index in [2.05, 4.69) is 48.0 Å². The summed E-state index contributed by atoms with van der Waals surface area (Å²) in [6.45, 7) is 5.24. The average Bonchev–Trinajstić information content (AvgIpc) is 3.41. The first-order chi connectivity index (χ1) is 16.8. The molecule has 3 aromatic carbocycles. The minimum Gasteiger partial charge on any atom is -0.397 e. The van der Waals surface area contributed by atoms with Gasteiger partial charge in [-0.05, 0) is 59.5 Å². The lowest BCUT2D eigenvalue weighted by Gasteiger charge is -2.23. The number of carbonyl (C=O) groups is 2. The number of nitrogens with two attached hydrogens (primary N) is 1. The van der Waals surface area contributed by atoms with Crippen LogP contribution in [0.1, 0.15) is 20.7 Å². The summed E-state index contributed by atoms with van der Waals surface area (Å²) in [4.78, 5) is 26.5. The van der Waals surface area contributed by atoms with E-state index in [4.69, 9.17) is 5.73 Å². The second-order valence-corrected chi connectivity index (χ2v) is 14.9. The van der Waals surface area contributed by atoms with Gasteiger partial charge >= 0.3 is 0 Å². The number of carbonyl (C=O) groups excluding carboxylic acids is 2. The van der Waals surface area contributed by atoms with Gasteiger partial charge in [0.2, 0.25) is 0 Å². The number of thiophene rings is 1. The van der Waals surface area contributed by atoms with Crippen LogP contribution in [0.4, 0.5) is 11.4 Å². The maximum atomic E-state index is 12.8. The molecule has 0 aliphatic carbocycles. The Balaban J connectivity index is 1.35. The lowest BCUT2D eigenvalue weighted by Crippen LogP contribution is -2.44. The highest BCUT2D eigenvalue weighted by molar-refractivity contribution is 7.13. The molecule has 1 aromatic heterocycles. The highest BCUT2D eigenvalue weighted by Crippen LogP contribution is 2.30. The second kappa shape index (κ2) is 10.7. The Morgan fingerprint density at radius 1 is 0.857 bits per heavy atom. The SMILES string of the molecule is C[Si](C)(CCNC(=O)c1ccc(C(=O)Nc2cc(-c3cccs3)ccc2N)cc1)c1ccccc1. The molecule has 0 saturated heterocycles. The molecular formula is C28H29N3O2SSi. The van der Waals surface area contributed by atoms with Crippen molar-refractivity contribution in [2.24, 2.45) is 0 Å². The van der Waals surface area contributed by atoms with Crippen molar-refractivity contribution in [2.75, 3.05) is 17.6 Å². The van der Waals surface area contributed by atoms with Gasteiger partial charge in [0, 0.05) is 22.5 Å². The first kappa shape index (κ1) is 24.4. The summed E-state index contributed by atoms with van der Waals surface area (Å²) >= 11 is 1.63. The van der Waals surface area contributed by atoms with Crippen molar-refractivity contribution in [1.82, 2.24) is 5.32 Å². The summed E-state index contributed by atoms with van der Waals surface area (Å²) in [6.07, 6.45) is 0. The fraction of sp³-hybridized carbons (Fsp3) is 0.143. The smallest absolute Gasteiger partial charge is 0.255 e. The topological polar surface area (TPSA) is 84.2 Å². The average molecular weight is 500 g/mol. The Hall–Kier alpha value is -3.68. The van der Waals surface area contributed by atoms with Crippen molar-refractivity contribution in [1.29, 1.82) is 0 Å². The largest absolute Gasteiger partial charge is 0.397 e. The molecule has 35 heavy (non-hydrogen) atoms. The molecule has 0 fully saturated rings. The van der Waals surface area contributed by atoms with E-state index < -0.39 is 8.07 Å². The standard InChI is InChI=1S/C28H29N3O2SSi/c1-35(2,23-7-4-3-5-8-23)18-16-30-27(32)20-10-12-21(13-11-20)28(33)31-25-19-22(14-15-24(25)29)26-9-6-17-34-26/h3-15,17,19H,16,18,29H2,1-2H3,(H,30,32)(H,31,33). The van der Waals surface area contributed by atoms with Crippen LogP contribution in [0.25, 0.3) is 10.4 Å². The number of nitrogen functional groups attached to an aromatic ring is 1. The molecule has 4 rings (SSSR count). The Morgan fingerprint density at radius 2 is 1.54 bits per heavy atom. The van der Waals surface area contributed by atoms with Gasteiger partial charge in [0.15, 0.2) is 0 Å². The Morgan fingerprint density at radius 3 is 2.20 bits per heavy atom. The molecular weight excluding hydrogens is 470 g/mol. The number of amides is 2. The highest BCUT2D eigenvalue weighted by Gasteiger charge is 2.23. The Bertz CT molecular complexity index is 1300. The molecule has 0 aliphatic rings. The zero-order valence-corrected chi connectivity index (χ0v) is 21.7. The van der Waals surface area contributed by atoms with Crippen molar-refractivity contribution in [3.63, 3.8) is 0 Å². The van der Waals surface area contributed by atoms with Gasteiger partial charge in [-0.3, -0.25) is 9.59 Å². The predicted molar refractivity (Wildman–Crippen MR) is 149 cm³/mol. The van der Waals surface area contributed by atoms with Crippen molar-refractivity contribution in [3.05, 3.63) is 101 Å². The highest BCUT2D eigenvalue weighted by atomic mass is 32.1. The van der Waals surface area contributed by atoms with Gasteiger partial charge in [-0.2, -0.15) is 0 Å². The molecule has 0 radical (unpaired) electrons. The van der Waals surface area contributed by atoms with Crippen molar-refractivity contribution in [2.45, 2.75) is 19.1 Å². The molecule has 4 N–H and O–H groups in total. The van der Waals surface area contributed by atoms with Crippen LogP contribution in [-0.4, -0.2) is 26.4 Å². The minimum atomic E-state index is -1.61. The zero-order valence-electron chi connectivity index (χ0n) is 19.9. The summed E-state index contributed by atoms with van der Waals surface area (Å²) in [5, 5.41) is 9.30. The third kappa shape index (κ3) is 6.06. The van der Waals surface area contributed by atoms with Crippen molar-refractivity contribution < 1.29 is 9.59 Å². The third-order valence-corrected chi connectivity index (χ3v) is 10.4. The van der Waals surface area contributed by atoms with Gasteiger partial charge in [0.25, 0.3) is 11.8 Å². The van der Waals surface area contributed by atoms with Crippen LogP contribution in [0.15, 0.2) is 90.3 Å². The Labute approximate surface area is 211 Å². The van der Waals surface area contributed by atoms with E-state index in [0.717, 1.165) is 16.5 Å². The Kier molecular flexibility index (Phi) is 7.48. The molecule has 178 valence electrons. The summed E-state index contributed by atoms with van der Waals surface area (Å²) in [7, 11) is -1.61. The molecule has 0 aliphatic heterocycles. The molecule has 0 saturated carbocycles.